The molecule has 0 atom stereocenters. The quantitative estimate of drug-likeness (QED) is 0.775. The third-order valence-electron chi connectivity index (χ3n) is 2.54. The maximum absolute atomic E-state index is 11.7. The van der Waals surface area contributed by atoms with E-state index in [1.165, 1.54) is 6.07 Å². The van der Waals surface area contributed by atoms with Crippen molar-refractivity contribution in [3.8, 4) is 22.9 Å². The lowest BCUT2D eigenvalue weighted by Gasteiger charge is -2.09. The molecule has 5 heteroatoms. The molecule has 1 aromatic carbocycles. The number of nitriles is 1. The van der Waals surface area contributed by atoms with Gasteiger partial charge < -0.3 is 10.1 Å². The number of aryl methyl sites for hydroxylation is 1. The Morgan fingerprint density at radius 3 is 2.78 bits per heavy atom. The third-order valence-corrected chi connectivity index (χ3v) is 3.44. The second-order valence-electron chi connectivity index (χ2n) is 3.82. The standard InChI is InChI=1S/C13H9IN2O2/c1-7-5-8(9(6-15)13(18)16-7)12-10(14)3-2-4-11(12)17/h2-5,17H,1H3,(H,16,18). The minimum Gasteiger partial charge on any atom is -0.507 e. The fourth-order valence-electron chi connectivity index (χ4n) is 1.78. The van der Waals surface area contributed by atoms with Crippen molar-refractivity contribution < 1.29 is 5.11 Å². The zero-order valence-electron chi connectivity index (χ0n) is 9.49. The van der Waals surface area contributed by atoms with Crippen LogP contribution in [0.5, 0.6) is 5.75 Å². The lowest BCUT2D eigenvalue weighted by atomic mass is 10.0. The highest BCUT2D eigenvalue weighted by atomic mass is 127. The highest BCUT2D eigenvalue weighted by Crippen LogP contribution is 2.34. The number of hydrogen-bond acceptors (Lipinski definition) is 3. The number of aromatic nitrogens is 1. The number of phenolic OH excluding ortho intramolecular Hbond substituents is 1. The highest BCUT2D eigenvalue weighted by Gasteiger charge is 2.15. The molecule has 0 spiro atoms. The van der Waals surface area contributed by atoms with Crippen LogP contribution in [0, 0.1) is 21.8 Å². The molecule has 0 bridgehead atoms. The van der Waals surface area contributed by atoms with Gasteiger partial charge in [0.05, 0.1) is 0 Å². The topological polar surface area (TPSA) is 76.9 Å². The molecule has 90 valence electrons. The van der Waals surface area contributed by atoms with Crippen LogP contribution in [0.15, 0.2) is 29.1 Å². The van der Waals surface area contributed by atoms with Crippen LogP contribution in [0.25, 0.3) is 11.1 Å². The molecule has 0 saturated carbocycles. The minimum atomic E-state index is -0.438. The molecule has 0 fully saturated rings. The lowest BCUT2D eigenvalue weighted by Crippen LogP contribution is -2.13. The van der Waals surface area contributed by atoms with E-state index in [-0.39, 0.29) is 11.3 Å². The predicted molar refractivity (Wildman–Crippen MR) is 76.3 cm³/mol. The average molecular weight is 352 g/mol. The Bertz CT molecular complexity index is 694. The number of nitrogens with zero attached hydrogens (tertiary/aromatic N) is 1. The largest absolute Gasteiger partial charge is 0.507 e. The van der Waals surface area contributed by atoms with Gasteiger partial charge in [-0.1, -0.05) is 6.07 Å². The molecule has 0 aliphatic carbocycles. The van der Waals surface area contributed by atoms with Crippen LogP contribution in [0.2, 0.25) is 0 Å². The Kier molecular flexibility index (Phi) is 3.39. The van der Waals surface area contributed by atoms with Gasteiger partial charge in [0, 0.05) is 20.4 Å². The van der Waals surface area contributed by atoms with Crippen molar-refractivity contribution in [3.05, 3.63) is 49.4 Å². The number of halogens is 1. The van der Waals surface area contributed by atoms with E-state index in [0.717, 1.165) is 3.57 Å². The molecule has 1 heterocycles. The number of aromatic hydroxyl groups is 1. The molecule has 2 aromatic rings. The monoisotopic (exact) mass is 352 g/mol. The Morgan fingerprint density at radius 1 is 1.44 bits per heavy atom. The molecule has 0 aliphatic heterocycles. The second kappa shape index (κ2) is 4.82. The number of phenols is 1. The molecule has 2 N–H and O–H groups in total. The van der Waals surface area contributed by atoms with Crippen molar-refractivity contribution >= 4 is 22.6 Å². The summed E-state index contributed by atoms with van der Waals surface area (Å²) in [4.78, 5) is 14.3. The molecule has 4 nitrogen and oxygen atoms in total. The molecule has 2 rings (SSSR count). The zero-order valence-corrected chi connectivity index (χ0v) is 11.6. The van der Waals surface area contributed by atoms with E-state index in [1.54, 1.807) is 19.1 Å². The van der Waals surface area contributed by atoms with Gasteiger partial charge in [0.15, 0.2) is 0 Å². The lowest BCUT2D eigenvalue weighted by molar-refractivity contribution is 0.477. The highest BCUT2D eigenvalue weighted by molar-refractivity contribution is 14.1. The Balaban J connectivity index is 2.88. The normalized spacial score (nSPS) is 10.1. The maximum atomic E-state index is 11.7. The second-order valence-corrected chi connectivity index (χ2v) is 4.98. The van der Waals surface area contributed by atoms with Gasteiger partial charge in [-0.05, 0) is 47.7 Å². The molecule has 1 aromatic heterocycles. The van der Waals surface area contributed by atoms with E-state index < -0.39 is 5.56 Å². The number of benzene rings is 1. The zero-order chi connectivity index (χ0) is 13.3. The molecule has 0 aliphatic rings. The van der Waals surface area contributed by atoms with Crippen LogP contribution >= 0.6 is 22.6 Å². The smallest absolute Gasteiger partial charge is 0.266 e. The molecule has 0 radical (unpaired) electrons. The third kappa shape index (κ3) is 2.11. The van der Waals surface area contributed by atoms with Crippen LogP contribution < -0.4 is 5.56 Å². The number of rotatable bonds is 1. The number of hydrogen-bond donors (Lipinski definition) is 2. The molecule has 0 saturated heterocycles. The summed E-state index contributed by atoms with van der Waals surface area (Å²) >= 11 is 2.06. The summed E-state index contributed by atoms with van der Waals surface area (Å²) in [6.07, 6.45) is 0. The van der Waals surface area contributed by atoms with Crippen molar-refractivity contribution in [2.45, 2.75) is 6.92 Å². The Hall–Kier alpha value is -1.81. The van der Waals surface area contributed by atoms with Crippen LogP contribution in [0.4, 0.5) is 0 Å². The number of pyridine rings is 1. The van der Waals surface area contributed by atoms with Crippen molar-refractivity contribution in [3.63, 3.8) is 0 Å². The van der Waals surface area contributed by atoms with E-state index in [9.17, 15) is 9.90 Å². The van der Waals surface area contributed by atoms with Gasteiger partial charge in [0.25, 0.3) is 5.56 Å². The van der Waals surface area contributed by atoms with Crippen LogP contribution in [0.1, 0.15) is 11.3 Å². The van der Waals surface area contributed by atoms with E-state index in [4.69, 9.17) is 5.26 Å². The number of H-pyrrole nitrogens is 1. The van der Waals surface area contributed by atoms with Crippen LogP contribution in [-0.2, 0) is 0 Å². The van der Waals surface area contributed by atoms with E-state index in [2.05, 4.69) is 27.6 Å². The molecule has 0 unspecified atom stereocenters. The SMILES string of the molecule is Cc1cc(-c2c(O)cccc2I)c(C#N)c(=O)[nH]1. The number of nitrogens with one attached hydrogen (secondary N) is 1. The molecule has 0 amide bonds. The maximum Gasteiger partial charge on any atom is 0.266 e. The fraction of sp³-hybridized carbons (Fsp3) is 0.0769. The van der Waals surface area contributed by atoms with Gasteiger partial charge in [-0.15, -0.1) is 0 Å². The summed E-state index contributed by atoms with van der Waals surface area (Å²) in [5, 5.41) is 19.0. The summed E-state index contributed by atoms with van der Waals surface area (Å²) in [5.74, 6) is 0.0587. The van der Waals surface area contributed by atoms with Gasteiger partial charge in [-0.25, -0.2) is 0 Å². The van der Waals surface area contributed by atoms with Crippen molar-refractivity contribution in [2.75, 3.05) is 0 Å². The molecule has 18 heavy (non-hydrogen) atoms. The minimum absolute atomic E-state index is 0.0139. The fourth-order valence-corrected chi connectivity index (χ4v) is 2.55. The first-order chi connectivity index (χ1) is 8.54. The summed E-state index contributed by atoms with van der Waals surface area (Å²) in [6, 6.07) is 8.64. The molecular formula is C13H9IN2O2. The van der Waals surface area contributed by atoms with Gasteiger partial charge in [0.1, 0.15) is 17.4 Å². The van der Waals surface area contributed by atoms with E-state index in [1.807, 2.05) is 12.1 Å². The molecular weight excluding hydrogens is 343 g/mol. The first-order valence-corrected chi connectivity index (χ1v) is 6.24. The van der Waals surface area contributed by atoms with Crippen molar-refractivity contribution in [1.29, 1.82) is 5.26 Å². The van der Waals surface area contributed by atoms with Gasteiger partial charge in [0.2, 0.25) is 0 Å². The summed E-state index contributed by atoms with van der Waals surface area (Å²) in [5.41, 5.74) is 1.20. The first kappa shape index (κ1) is 12.6. The van der Waals surface area contributed by atoms with Crippen LogP contribution in [0.3, 0.4) is 0 Å². The van der Waals surface area contributed by atoms with Crippen LogP contribution in [-0.4, -0.2) is 10.1 Å². The Morgan fingerprint density at radius 2 is 2.17 bits per heavy atom. The van der Waals surface area contributed by atoms with Crippen molar-refractivity contribution in [2.24, 2.45) is 0 Å². The first-order valence-electron chi connectivity index (χ1n) is 5.16. The summed E-state index contributed by atoms with van der Waals surface area (Å²) in [6.45, 7) is 1.74. The van der Waals surface area contributed by atoms with E-state index >= 15 is 0 Å². The van der Waals surface area contributed by atoms with Gasteiger partial charge in [-0.3, -0.25) is 4.79 Å². The summed E-state index contributed by atoms with van der Waals surface area (Å²) in [7, 11) is 0. The van der Waals surface area contributed by atoms with Crippen molar-refractivity contribution in [1.82, 2.24) is 4.98 Å². The average Bonchev–Trinajstić information content (AvgIpc) is 2.28. The summed E-state index contributed by atoms with van der Waals surface area (Å²) < 4.78 is 0.786. The predicted octanol–water partition coefficient (Wildman–Crippen LogP) is 2.53. The van der Waals surface area contributed by atoms with Gasteiger partial charge in [-0.2, -0.15) is 5.26 Å². The van der Waals surface area contributed by atoms with Gasteiger partial charge >= 0.3 is 0 Å². The Labute approximate surface area is 117 Å². The van der Waals surface area contributed by atoms with E-state index in [0.29, 0.717) is 16.8 Å². The number of aromatic amines is 1.